The SMILES string of the molecule is CC1=C(/C=C/C=C/C=C/C=C/C(=O)Nc2ccn(C3CSC(CO)O3)c(=O)n2)C(C)(C)CCC1. The first kappa shape index (κ1) is 25.9. The Bertz CT molecular complexity index is 1080. The smallest absolute Gasteiger partial charge is 0.351 e. The zero-order chi connectivity index (χ0) is 24.6. The molecule has 2 atom stereocenters. The van der Waals surface area contributed by atoms with Crippen molar-refractivity contribution in [1.82, 2.24) is 9.55 Å². The lowest BCUT2D eigenvalue weighted by molar-refractivity contribution is -0.111. The predicted molar refractivity (Wildman–Crippen MR) is 137 cm³/mol. The molecule has 8 heteroatoms. The van der Waals surface area contributed by atoms with Gasteiger partial charge in [-0.05, 0) is 43.2 Å². The number of hydrogen-bond acceptors (Lipinski definition) is 6. The number of amides is 1. The third-order valence-electron chi connectivity index (χ3n) is 5.88. The van der Waals surface area contributed by atoms with Gasteiger partial charge in [-0.1, -0.05) is 62.0 Å². The molecule has 3 rings (SSSR count). The van der Waals surface area contributed by atoms with Crippen LogP contribution >= 0.6 is 11.8 Å². The minimum atomic E-state index is -0.522. The maximum atomic E-state index is 12.2. The minimum absolute atomic E-state index is 0.110. The normalized spacial score (nSPS) is 23.2. The molecule has 2 N–H and O–H groups in total. The minimum Gasteiger partial charge on any atom is -0.393 e. The number of nitrogens with zero attached hydrogens (tertiary/aromatic N) is 2. The lowest BCUT2D eigenvalue weighted by Gasteiger charge is -2.32. The molecule has 34 heavy (non-hydrogen) atoms. The van der Waals surface area contributed by atoms with Crippen LogP contribution in [-0.2, 0) is 9.53 Å². The van der Waals surface area contributed by atoms with Crippen LogP contribution < -0.4 is 11.0 Å². The van der Waals surface area contributed by atoms with Crippen LogP contribution in [0.3, 0.4) is 0 Å². The first-order valence-corrected chi connectivity index (χ1v) is 12.5. The summed E-state index contributed by atoms with van der Waals surface area (Å²) in [4.78, 5) is 28.2. The molecule has 1 saturated heterocycles. The van der Waals surface area contributed by atoms with Gasteiger partial charge in [-0.3, -0.25) is 9.36 Å². The Morgan fingerprint density at radius 3 is 2.71 bits per heavy atom. The number of aliphatic hydroxyl groups is 1. The summed E-state index contributed by atoms with van der Waals surface area (Å²) in [5.74, 6) is 0.338. The Balaban J connectivity index is 1.47. The number of allylic oxidation sites excluding steroid dienone is 9. The van der Waals surface area contributed by atoms with E-state index in [2.05, 4.69) is 43.2 Å². The second-order valence-corrected chi connectivity index (χ2v) is 10.1. The maximum absolute atomic E-state index is 12.2. The average molecular weight is 484 g/mol. The fourth-order valence-corrected chi connectivity index (χ4v) is 5.05. The molecular weight excluding hydrogens is 450 g/mol. The van der Waals surface area contributed by atoms with E-state index in [1.165, 1.54) is 59.0 Å². The molecule has 0 radical (unpaired) electrons. The number of nitrogens with one attached hydrogen (secondary N) is 1. The summed E-state index contributed by atoms with van der Waals surface area (Å²) >= 11 is 1.44. The molecule has 2 unspecified atom stereocenters. The highest BCUT2D eigenvalue weighted by molar-refractivity contribution is 8.00. The summed E-state index contributed by atoms with van der Waals surface area (Å²) in [5.41, 5.74) is 2.26. The summed E-state index contributed by atoms with van der Waals surface area (Å²) in [6.07, 6.45) is 19.4. The Kier molecular flexibility index (Phi) is 9.27. The molecular formula is C26H33N3O4S. The molecule has 1 aliphatic heterocycles. The van der Waals surface area contributed by atoms with E-state index in [0.717, 1.165) is 0 Å². The van der Waals surface area contributed by atoms with Gasteiger partial charge in [-0.25, -0.2) is 4.79 Å². The van der Waals surface area contributed by atoms with Gasteiger partial charge in [0.25, 0.3) is 0 Å². The average Bonchev–Trinajstić information content (AvgIpc) is 3.26. The number of aromatic nitrogens is 2. The van der Waals surface area contributed by atoms with Crippen LogP contribution in [-0.4, -0.2) is 38.4 Å². The summed E-state index contributed by atoms with van der Waals surface area (Å²) in [5, 5.41) is 11.7. The zero-order valence-electron chi connectivity index (χ0n) is 19.9. The van der Waals surface area contributed by atoms with E-state index in [9.17, 15) is 9.59 Å². The Morgan fingerprint density at radius 1 is 1.29 bits per heavy atom. The van der Waals surface area contributed by atoms with Gasteiger partial charge in [-0.15, -0.1) is 11.8 Å². The van der Waals surface area contributed by atoms with Crippen LogP contribution in [0.2, 0.25) is 0 Å². The number of carbonyl (C=O) groups excluding carboxylic acids is 1. The summed E-state index contributed by atoms with van der Waals surface area (Å²) in [6, 6.07) is 1.54. The van der Waals surface area contributed by atoms with E-state index in [4.69, 9.17) is 9.84 Å². The highest BCUT2D eigenvalue weighted by Crippen LogP contribution is 2.40. The van der Waals surface area contributed by atoms with E-state index in [1.54, 1.807) is 18.2 Å². The molecule has 0 saturated carbocycles. The van der Waals surface area contributed by atoms with Crippen molar-refractivity contribution in [3.05, 3.63) is 82.5 Å². The molecule has 0 aromatic carbocycles. The molecule has 2 heterocycles. The molecule has 7 nitrogen and oxygen atoms in total. The number of anilines is 1. The molecule has 2 aliphatic rings. The number of hydrogen-bond donors (Lipinski definition) is 2. The second-order valence-electron chi connectivity index (χ2n) is 8.95. The van der Waals surface area contributed by atoms with Crippen LogP contribution in [0.15, 0.2) is 76.8 Å². The number of carbonyl (C=O) groups is 1. The van der Waals surface area contributed by atoms with Gasteiger partial charge < -0.3 is 15.2 Å². The van der Waals surface area contributed by atoms with Crippen LogP contribution in [0, 0.1) is 5.41 Å². The van der Waals surface area contributed by atoms with Crippen molar-refractivity contribution in [2.75, 3.05) is 17.7 Å². The second kappa shape index (κ2) is 12.1. The van der Waals surface area contributed by atoms with Gasteiger partial charge in [0.15, 0.2) is 0 Å². The van der Waals surface area contributed by atoms with Crippen LogP contribution in [0.4, 0.5) is 5.82 Å². The molecule has 1 fully saturated rings. The highest BCUT2D eigenvalue weighted by atomic mass is 32.2. The first-order chi connectivity index (χ1) is 16.3. The molecule has 1 aliphatic carbocycles. The Hall–Kier alpha value is -2.68. The number of rotatable bonds is 8. The van der Waals surface area contributed by atoms with Crippen molar-refractivity contribution < 1.29 is 14.6 Å². The third-order valence-corrected chi connectivity index (χ3v) is 6.99. The van der Waals surface area contributed by atoms with Crippen molar-refractivity contribution in [1.29, 1.82) is 0 Å². The summed E-state index contributed by atoms with van der Waals surface area (Å²) in [6.45, 7) is 6.70. The van der Waals surface area contributed by atoms with Crippen molar-refractivity contribution in [3.8, 4) is 0 Å². The molecule has 182 valence electrons. The van der Waals surface area contributed by atoms with Crippen LogP contribution in [0.1, 0.15) is 46.3 Å². The van der Waals surface area contributed by atoms with Gasteiger partial charge >= 0.3 is 5.69 Å². The van der Waals surface area contributed by atoms with Crippen LogP contribution in [0.5, 0.6) is 0 Å². The van der Waals surface area contributed by atoms with Crippen molar-refractivity contribution in [2.45, 2.75) is 51.7 Å². The summed E-state index contributed by atoms with van der Waals surface area (Å²) in [7, 11) is 0. The Labute approximate surface area is 205 Å². The maximum Gasteiger partial charge on any atom is 0.351 e. The van der Waals surface area contributed by atoms with Crippen molar-refractivity contribution >= 4 is 23.5 Å². The molecule has 1 aromatic heterocycles. The number of thioether (sulfide) groups is 1. The van der Waals surface area contributed by atoms with E-state index >= 15 is 0 Å². The molecule has 1 amide bonds. The quantitative estimate of drug-likeness (QED) is 0.417. The van der Waals surface area contributed by atoms with Gasteiger partial charge in [0, 0.05) is 18.0 Å². The highest BCUT2D eigenvalue weighted by Gasteiger charge is 2.27. The molecule has 1 aromatic rings. The topological polar surface area (TPSA) is 93.5 Å². The van der Waals surface area contributed by atoms with E-state index in [1.807, 2.05) is 18.2 Å². The number of ether oxygens (including phenoxy) is 1. The predicted octanol–water partition coefficient (Wildman–Crippen LogP) is 4.51. The van der Waals surface area contributed by atoms with E-state index in [-0.39, 0.29) is 29.2 Å². The standard InChI is InChI=1S/C26H33N3O4S/c1-19-11-10-15-26(2,3)20(19)12-8-6-4-5-7-9-13-22(31)27-21-14-16-29(25(32)28-21)23-18-34-24(17-30)33-23/h4-9,12-14,16,23-24,30H,10-11,15,17-18H2,1-3H3,(H,27,28,31,32)/b6-4+,7-5+,12-8+,13-9+. The van der Waals surface area contributed by atoms with Gasteiger partial charge in [0.05, 0.1) is 6.61 Å². The van der Waals surface area contributed by atoms with Crippen molar-refractivity contribution in [2.24, 2.45) is 5.41 Å². The fraction of sp³-hybridized carbons (Fsp3) is 0.423. The monoisotopic (exact) mass is 483 g/mol. The Morgan fingerprint density at radius 2 is 2.03 bits per heavy atom. The van der Waals surface area contributed by atoms with Crippen molar-refractivity contribution in [3.63, 3.8) is 0 Å². The lowest BCUT2D eigenvalue weighted by atomic mass is 9.73. The third kappa shape index (κ3) is 7.16. The fourth-order valence-electron chi connectivity index (χ4n) is 4.12. The summed E-state index contributed by atoms with van der Waals surface area (Å²) < 4.78 is 6.91. The van der Waals surface area contributed by atoms with E-state index < -0.39 is 11.9 Å². The molecule has 0 spiro atoms. The van der Waals surface area contributed by atoms with Gasteiger partial charge in [-0.2, -0.15) is 4.98 Å². The zero-order valence-corrected chi connectivity index (χ0v) is 20.8. The van der Waals surface area contributed by atoms with Crippen LogP contribution in [0.25, 0.3) is 0 Å². The molecule has 0 bridgehead atoms. The van der Waals surface area contributed by atoms with E-state index in [0.29, 0.717) is 5.75 Å². The van der Waals surface area contributed by atoms with Gasteiger partial charge in [0.2, 0.25) is 5.91 Å². The van der Waals surface area contributed by atoms with Gasteiger partial charge in [0.1, 0.15) is 17.5 Å². The largest absolute Gasteiger partial charge is 0.393 e. The lowest BCUT2D eigenvalue weighted by Crippen LogP contribution is -2.29. The first-order valence-electron chi connectivity index (χ1n) is 11.5. The number of aliphatic hydroxyl groups excluding tert-OH is 1.